The minimum Gasteiger partial charge on any atom is -0.497 e. The van der Waals surface area contributed by atoms with Crippen molar-refractivity contribution in [2.75, 3.05) is 12.4 Å². The van der Waals surface area contributed by atoms with E-state index < -0.39 is 0 Å². The highest BCUT2D eigenvalue weighted by Crippen LogP contribution is 2.68. The molecule has 1 heterocycles. The SMILES string of the molecule is COc1ccc2nc(NC(=O)CCC(C)C3CCC4C5C(O)CC6CC(O)CCC6(C)C5CCC34C)sc2c1. The molecule has 214 valence electrons. The van der Waals surface area contributed by atoms with Gasteiger partial charge in [0.15, 0.2) is 5.13 Å². The summed E-state index contributed by atoms with van der Waals surface area (Å²) in [5.74, 6) is 3.88. The Morgan fingerprint density at radius 3 is 2.69 bits per heavy atom. The summed E-state index contributed by atoms with van der Waals surface area (Å²) in [7, 11) is 1.65. The Kier molecular flexibility index (Phi) is 7.25. The number of aliphatic hydroxyl groups excluding tert-OH is 2. The van der Waals surface area contributed by atoms with Gasteiger partial charge in [-0.05, 0) is 122 Å². The molecule has 0 spiro atoms. The van der Waals surface area contributed by atoms with Gasteiger partial charge in [0, 0.05) is 6.42 Å². The van der Waals surface area contributed by atoms with E-state index in [-0.39, 0.29) is 28.9 Å². The Morgan fingerprint density at radius 2 is 1.90 bits per heavy atom. The van der Waals surface area contributed by atoms with Gasteiger partial charge in [-0.3, -0.25) is 4.79 Å². The molecule has 39 heavy (non-hydrogen) atoms. The number of ether oxygens (including phenoxy) is 1. The molecule has 1 aromatic heterocycles. The fraction of sp³-hybridized carbons (Fsp3) is 0.750. The lowest BCUT2D eigenvalue weighted by Crippen LogP contribution is -2.58. The molecule has 4 saturated carbocycles. The number of carbonyl (C=O) groups is 1. The molecule has 3 N–H and O–H groups in total. The van der Waals surface area contributed by atoms with Crippen molar-refractivity contribution in [3.05, 3.63) is 18.2 Å². The minimum atomic E-state index is -0.239. The molecule has 4 fully saturated rings. The second kappa shape index (κ2) is 10.3. The summed E-state index contributed by atoms with van der Waals surface area (Å²) in [6.45, 7) is 7.33. The van der Waals surface area contributed by atoms with Crippen molar-refractivity contribution < 1.29 is 19.7 Å². The fourth-order valence-electron chi connectivity index (χ4n) is 10.0. The van der Waals surface area contributed by atoms with Crippen LogP contribution in [0.2, 0.25) is 0 Å². The fourth-order valence-corrected chi connectivity index (χ4v) is 10.9. The molecule has 0 aliphatic heterocycles. The lowest BCUT2D eigenvalue weighted by molar-refractivity contribution is -0.174. The van der Waals surface area contributed by atoms with Crippen LogP contribution in [-0.4, -0.2) is 40.4 Å². The summed E-state index contributed by atoms with van der Waals surface area (Å²) in [6, 6.07) is 5.77. The van der Waals surface area contributed by atoms with E-state index in [0.717, 1.165) is 48.1 Å². The summed E-state index contributed by atoms with van der Waals surface area (Å²) < 4.78 is 6.32. The van der Waals surface area contributed by atoms with Gasteiger partial charge in [-0.25, -0.2) is 4.98 Å². The van der Waals surface area contributed by atoms with Crippen LogP contribution in [0.5, 0.6) is 5.75 Å². The molecular weight excluding hydrogens is 508 g/mol. The van der Waals surface area contributed by atoms with Crippen LogP contribution in [0.4, 0.5) is 5.13 Å². The molecule has 1 amide bonds. The number of thiazole rings is 1. The van der Waals surface area contributed by atoms with Crippen LogP contribution in [0.1, 0.15) is 85.0 Å². The number of hydrogen-bond acceptors (Lipinski definition) is 6. The summed E-state index contributed by atoms with van der Waals surface area (Å²) in [6.07, 6.45) is 9.55. The second-order valence-corrected chi connectivity index (χ2v) is 14.9. The van der Waals surface area contributed by atoms with Crippen molar-refractivity contribution >= 4 is 32.6 Å². The van der Waals surface area contributed by atoms with Crippen molar-refractivity contribution in [1.29, 1.82) is 0 Å². The Labute approximate surface area is 236 Å². The first-order valence-corrected chi connectivity index (χ1v) is 16.0. The number of rotatable bonds is 6. The van der Waals surface area contributed by atoms with Gasteiger partial charge in [0.25, 0.3) is 0 Å². The molecule has 4 aliphatic carbocycles. The third-order valence-corrected chi connectivity index (χ3v) is 13.0. The van der Waals surface area contributed by atoms with Crippen molar-refractivity contribution in [2.24, 2.45) is 46.3 Å². The zero-order chi connectivity index (χ0) is 27.5. The van der Waals surface area contributed by atoms with Gasteiger partial charge in [-0.1, -0.05) is 32.1 Å². The molecule has 0 bridgehead atoms. The number of fused-ring (bicyclic) bond motifs is 6. The Balaban J connectivity index is 1.09. The highest BCUT2D eigenvalue weighted by atomic mass is 32.1. The first-order valence-electron chi connectivity index (χ1n) is 15.2. The van der Waals surface area contributed by atoms with Gasteiger partial charge in [0.2, 0.25) is 5.91 Å². The molecule has 7 heteroatoms. The predicted octanol–water partition coefficient (Wildman–Crippen LogP) is 6.65. The molecule has 10 atom stereocenters. The molecule has 1 aromatic carbocycles. The molecule has 4 aliphatic rings. The lowest BCUT2D eigenvalue weighted by atomic mass is 9.43. The number of methoxy groups -OCH3 is 1. The largest absolute Gasteiger partial charge is 0.497 e. The van der Waals surface area contributed by atoms with Crippen molar-refractivity contribution in [3.8, 4) is 5.75 Å². The van der Waals surface area contributed by atoms with E-state index >= 15 is 0 Å². The average molecular weight is 555 g/mol. The monoisotopic (exact) mass is 554 g/mol. The predicted molar refractivity (Wildman–Crippen MR) is 156 cm³/mol. The summed E-state index contributed by atoms with van der Waals surface area (Å²) >= 11 is 1.49. The van der Waals surface area contributed by atoms with E-state index in [4.69, 9.17) is 4.74 Å². The van der Waals surface area contributed by atoms with Crippen molar-refractivity contribution in [2.45, 2.75) is 97.2 Å². The Bertz CT molecular complexity index is 1220. The van der Waals surface area contributed by atoms with Crippen LogP contribution in [-0.2, 0) is 4.79 Å². The molecule has 6 nitrogen and oxygen atoms in total. The number of nitrogens with zero attached hydrogens (tertiary/aromatic N) is 1. The Hall–Kier alpha value is -1.70. The van der Waals surface area contributed by atoms with Gasteiger partial charge in [-0.2, -0.15) is 0 Å². The van der Waals surface area contributed by atoms with E-state index in [1.54, 1.807) is 7.11 Å². The maximum absolute atomic E-state index is 12.9. The molecule has 10 unspecified atom stereocenters. The first kappa shape index (κ1) is 27.5. The van der Waals surface area contributed by atoms with Crippen LogP contribution >= 0.6 is 11.3 Å². The number of nitrogens with one attached hydrogen (secondary N) is 1. The van der Waals surface area contributed by atoms with E-state index in [1.807, 2.05) is 18.2 Å². The smallest absolute Gasteiger partial charge is 0.226 e. The van der Waals surface area contributed by atoms with Crippen LogP contribution < -0.4 is 10.1 Å². The third kappa shape index (κ3) is 4.70. The second-order valence-electron chi connectivity index (χ2n) is 13.9. The van der Waals surface area contributed by atoms with Crippen molar-refractivity contribution in [1.82, 2.24) is 4.98 Å². The topological polar surface area (TPSA) is 91.7 Å². The van der Waals surface area contributed by atoms with E-state index in [2.05, 4.69) is 31.1 Å². The number of benzene rings is 1. The zero-order valence-electron chi connectivity index (χ0n) is 24.0. The highest BCUT2D eigenvalue weighted by molar-refractivity contribution is 7.22. The van der Waals surface area contributed by atoms with Crippen LogP contribution in [0, 0.1) is 46.3 Å². The highest BCUT2D eigenvalue weighted by Gasteiger charge is 2.62. The van der Waals surface area contributed by atoms with Crippen molar-refractivity contribution in [3.63, 3.8) is 0 Å². The number of anilines is 1. The molecule has 2 aromatic rings. The van der Waals surface area contributed by atoms with E-state index in [0.29, 0.717) is 47.1 Å². The molecule has 0 saturated heterocycles. The standard InChI is InChI=1S/C32H46N2O4S/c1-18(5-10-28(37)34-30-33-25-9-6-21(38-4)17-27(25)39-30)22-7-8-23-29-24(12-14-32(22,23)3)31(2)13-11-20(35)15-19(31)16-26(29)36/h6,9,17-20,22-24,26,29,35-36H,5,7-8,10-16H2,1-4H3,(H,33,34,37). The van der Waals surface area contributed by atoms with Crippen LogP contribution in [0.25, 0.3) is 10.2 Å². The lowest BCUT2D eigenvalue weighted by Gasteiger charge is -2.62. The van der Waals surface area contributed by atoms with E-state index in [9.17, 15) is 15.0 Å². The van der Waals surface area contributed by atoms with Gasteiger partial charge >= 0.3 is 0 Å². The molecule has 0 radical (unpaired) electrons. The maximum atomic E-state index is 12.9. The van der Waals surface area contributed by atoms with Gasteiger partial charge in [-0.15, -0.1) is 0 Å². The molecule has 6 rings (SSSR count). The minimum absolute atomic E-state index is 0.0393. The maximum Gasteiger partial charge on any atom is 0.226 e. The first-order chi connectivity index (χ1) is 18.6. The number of amides is 1. The van der Waals surface area contributed by atoms with E-state index in [1.165, 1.54) is 37.0 Å². The summed E-state index contributed by atoms with van der Waals surface area (Å²) in [4.78, 5) is 17.5. The number of hydrogen-bond donors (Lipinski definition) is 3. The number of aliphatic hydroxyl groups is 2. The summed E-state index contributed by atoms with van der Waals surface area (Å²) in [5, 5.41) is 25.5. The quantitative estimate of drug-likeness (QED) is 0.372. The average Bonchev–Trinajstić information content (AvgIpc) is 3.47. The van der Waals surface area contributed by atoms with Crippen LogP contribution in [0.3, 0.4) is 0 Å². The molecular formula is C32H46N2O4S. The van der Waals surface area contributed by atoms with Gasteiger partial charge < -0.3 is 20.3 Å². The number of carbonyl (C=O) groups excluding carboxylic acids is 1. The zero-order valence-corrected chi connectivity index (χ0v) is 24.8. The number of aromatic nitrogens is 1. The Morgan fingerprint density at radius 1 is 1.13 bits per heavy atom. The summed E-state index contributed by atoms with van der Waals surface area (Å²) in [5.41, 5.74) is 1.37. The third-order valence-electron chi connectivity index (χ3n) is 12.1. The van der Waals surface area contributed by atoms with Gasteiger partial charge in [0.05, 0.1) is 29.5 Å². The van der Waals surface area contributed by atoms with Gasteiger partial charge in [0.1, 0.15) is 5.75 Å². The normalized spacial score (nSPS) is 40.4. The van der Waals surface area contributed by atoms with Crippen LogP contribution in [0.15, 0.2) is 18.2 Å².